The lowest BCUT2D eigenvalue weighted by Crippen LogP contribution is -2.32. The van der Waals surface area contributed by atoms with Crippen LogP contribution in [0.1, 0.15) is 25.7 Å². The van der Waals surface area contributed by atoms with Crippen molar-refractivity contribution in [2.75, 3.05) is 33.9 Å². The molecular formula is C23H29NO5. The molecular weight excluding hydrogens is 370 g/mol. The lowest BCUT2D eigenvalue weighted by molar-refractivity contribution is -0.140. The van der Waals surface area contributed by atoms with Gasteiger partial charge < -0.3 is 19.5 Å². The summed E-state index contributed by atoms with van der Waals surface area (Å²) in [5, 5.41) is 11.2. The normalized spacial score (nSPS) is 11.3. The van der Waals surface area contributed by atoms with Crippen molar-refractivity contribution in [3.8, 4) is 5.75 Å². The van der Waals surface area contributed by atoms with E-state index in [2.05, 4.69) is 4.74 Å². The fourth-order valence-electron chi connectivity index (χ4n) is 2.97. The Balaban J connectivity index is 2.06. The molecule has 0 bridgehead atoms. The maximum Gasteiger partial charge on any atom is 0.305 e. The number of aliphatic hydroxyl groups is 1. The van der Waals surface area contributed by atoms with Crippen LogP contribution in [0.2, 0.25) is 0 Å². The van der Waals surface area contributed by atoms with Gasteiger partial charge in [-0.3, -0.25) is 9.59 Å². The molecule has 1 amide bonds. The molecule has 2 aromatic carbocycles. The number of hydrogen-bond acceptors (Lipinski definition) is 5. The summed E-state index contributed by atoms with van der Waals surface area (Å²) in [6.45, 7) is 0.297. The van der Waals surface area contributed by atoms with Crippen LogP contribution >= 0.6 is 0 Å². The fourth-order valence-corrected chi connectivity index (χ4v) is 2.97. The lowest BCUT2D eigenvalue weighted by Gasteiger charge is -2.19. The van der Waals surface area contributed by atoms with Gasteiger partial charge in [-0.1, -0.05) is 42.5 Å². The van der Waals surface area contributed by atoms with Crippen LogP contribution < -0.4 is 4.74 Å². The maximum atomic E-state index is 12.7. The van der Waals surface area contributed by atoms with Crippen molar-refractivity contribution in [3.05, 3.63) is 54.1 Å². The fraction of sp³-hybridized carbons (Fsp3) is 0.391. The molecule has 0 spiro atoms. The molecule has 6 nitrogen and oxygen atoms in total. The summed E-state index contributed by atoms with van der Waals surface area (Å²) < 4.78 is 10.6. The number of aliphatic hydroxyl groups excluding tert-OH is 1. The Kier molecular flexibility index (Phi) is 9.18. The van der Waals surface area contributed by atoms with E-state index >= 15 is 0 Å². The minimum absolute atomic E-state index is 0.0984. The monoisotopic (exact) mass is 399 g/mol. The maximum absolute atomic E-state index is 12.7. The minimum atomic E-state index is -0.229. The van der Waals surface area contributed by atoms with Gasteiger partial charge in [0, 0.05) is 25.4 Å². The van der Waals surface area contributed by atoms with E-state index in [9.17, 15) is 9.59 Å². The molecule has 0 heterocycles. The molecule has 6 heteroatoms. The van der Waals surface area contributed by atoms with Crippen molar-refractivity contribution >= 4 is 22.6 Å². The quantitative estimate of drug-likeness (QED) is 0.356. The van der Waals surface area contributed by atoms with Gasteiger partial charge >= 0.3 is 5.97 Å². The smallest absolute Gasteiger partial charge is 0.305 e. The molecule has 2 rings (SSSR count). The summed E-state index contributed by atoms with van der Waals surface area (Å²) in [7, 11) is 3.03. The summed E-state index contributed by atoms with van der Waals surface area (Å²) in [5.41, 5.74) is 0.534. The standard InChI is InChI=1S/C23H29NO5/c1-24(15-16-25)23(27)19(10-4-3-5-14-22(26)28-2)17-29-21-13-8-11-18-9-6-7-12-20(18)21/h6-13,25H,3-5,14-17H2,1-2H3/b19-10+. The van der Waals surface area contributed by atoms with Crippen molar-refractivity contribution in [1.29, 1.82) is 0 Å². The second-order valence-corrected chi connectivity index (χ2v) is 6.77. The van der Waals surface area contributed by atoms with Crippen LogP contribution in [-0.2, 0) is 14.3 Å². The third-order valence-electron chi connectivity index (χ3n) is 4.64. The molecule has 2 aromatic rings. The average molecular weight is 399 g/mol. The summed E-state index contributed by atoms with van der Waals surface area (Å²) in [4.78, 5) is 25.4. The van der Waals surface area contributed by atoms with Crippen molar-refractivity contribution < 1.29 is 24.2 Å². The molecule has 0 aromatic heterocycles. The van der Waals surface area contributed by atoms with Gasteiger partial charge in [-0.05, 0) is 30.7 Å². The van der Waals surface area contributed by atoms with E-state index in [4.69, 9.17) is 9.84 Å². The van der Waals surface area contributed by atoms with Crippen LogP contribution in [0, 0.1) is 0 Å². The first-order chi connectivity index (χ1) is 14.1. The Morgan fingerprint density at radius 3 is 2.62 bits per heavy atom. The number of carbonyl (C=O) groups is 2. The lowest BCUT2D eigenvalue weighted by atomic mass is 10.1. The first-order valence-corrected chi connectivity index (χ1v) is 9.79. The van der Waals surface area contributed by atoms with Gasteiger partial charge in [0.2, 0.25) is 0 Å². The highest BCUT2D eigenvalue weighted by molar-refractivity contribution is 5.94. The van der Waals surface area contributed by atoms with E-state index in [0.717, 1.165) is 22.9 Å². The molecule has 0 saturated heterocycles. The van der Waals surface area contributed by atoms with Gasteiger partial charge in [0.25, 0.3) is 5.91 Å². The Labute approximate surface area is 171 Å². The zero-order valence-corrected chi connectivity index (χ0v) is 17.1. The Morgan fingerprint density at radius 1 is 1.10 bits per heavy atom. The van der Waals surface area contributed by atoms with Gasteiger partial charge in [-0.2, -0.15) is 0 Å². The first kappa shape index (κ1) is 22.4. The highest BCUT2D eigenvalue weighted by atomic mass is 16.5. The highest BCUT2D eigenvalue weighted by Gasteiger charge is 2.15. The molecule has 0 aliphatic rings. The topological polar surface area (TPSA) is 76.1 Å². The number of fused-ring (bicyclic) bond motifs is 1. The number of unbranched alkanes of at least 4 members (excludes halogenated alkanes) is 2. The third-order valence-corrected chi connectivity index (χ3v) is 4.64. The molecule has 1 N–H and O–H groups in total. The second-order valence-electron chi connectivity index (χ2n) is 6.77. The van der Waals surface area contributed by atoms with E-state index in [1.807, 2.05) is 48.5 Å². The number of amides is 1. The molecule has 29 heavy (non-hydrogen) atoms. The zero-order valence-electron chi connectivity index (χ0n) is 17.1. The third kappa shape index (κ3) is 6.91. The summed E-state index contributed by atoms with van der Waals surface area (Å²) in [5.74, 6) is 0.316. The van der Waals surface area contributed by atoms with Crippen LogP contribution in [0.4, 0.5) is 0 Å². The number of benzene rings is 2. The summed E-state index contributed by atoms with van der Waals surface area (Å²) in [6, 6.07) is 13.7. The summed E-state index contributed by atoms with van der Waals surface area (Å²) >= 11 is 0. The number of ether oxygens (including phenoxy) is 2. The minimum Gasteiger partial charge on any atom is -0.488 e. The van der Waals surface area contributed by atoms with Crippen molar-refractivity contribution in [3.63, 3.8) is 0 Å². The molecule has 0 unspecified atom stereocenters. The van der Waals surface area contributed by atoms with Crippen LogP contribution in [0.15, 0.2) is 54.1 Å². The zero-order chi connectivity index (χ0) is 21.1. The van der Waals surface area contributed by atoms with E-state index in [1.165, 1.54) is 12.0 Å². The number of esters is 1. The van der Waals surface area contributed by atoms with Gasteiger partial charge in [-0.25, -0.2) is 0 Å². The Hall–Kier alpha value is -2.86. The molecule has 156 valence electrons. The number of likely N-dealkylation sites (N-methyl/N-ethyl adjacent to an activating group) is 1. The number of hydrogen-bond donors (Lipinski definition) is 1. The molecule has 0 aliphatic heterocycles. The number of allylic oxidation sites excluding steroid dienone is 1. The van der Waals surface area contributed by atoms with E-state index in [1.54, 1.807) is 7.05 Å². The first-order valence-electron chi connectivity index (χ1n) is 9.79. The van der Waals surface area contributed by atoms with Crippen molar-refractivity contribution in [2.45, 2.75) is 25.7 Å². The van der Waals surface area contributed by atoms with Gasteiger partial charge in [-0.15, -0.1) is 0 Å². The van der Waals surface area contributed by atoms with E-state index < -0.39 is 0 Å². The van der Waals surface area contributed by atoms with Crippen molar-refractivity contribution in [2.24, 2.45) is 0 Å². The predicted molar refractivity (Wildman–Crippen MR) is 113 cm³/mol. The SMILES string of the molecule is COC(=O)CCCC/C=C(\COc1cccc2ccccc12)C(=O)N(C)CCO. The second kappa shape index (κ2) is 11.9. The Bertz CT molecular complexity index is 841. The van der Waals surface area contributed by atoms with Gasteiger partial charge in [0.05, 0.1) is 19.3 Å². The molecule has 0 aliphatic carbocycles. The number of carbonyl (C=O) groups excluding carboxylic acids is 2. The number of nitrogens with zero attached hydrogens (tertiary/aromatic N) is 1. The van der Waals surface area contributed by atoms with Crippen LogP contribution in [0.3, 0.4) is 0 Å². The van der Waals surface area contributed by atoms with Crippen molar-refractivity contribution in [1.82, 2.24) is 4.90 Å². The molecule has 0 atom stereocenters. The number of rotatable bonds is 11. The van der Waals surface area contributed by atoms with Crippen LogP contribution in [0.5, 0.6) is 5.75 Å². The average Bonchev–Trinajstić information content (AvgIpc) is 2.75. The Morgan fingerprint density at radius 2 is 1.86 bits per heavy atom. The van der Waals surface area contributed by atoms with Crippen LogP contribution in [0.25, 0.3) is 10.8 Å². The molecule has 0 fully saturated rings. The molecule has 0 radical (unpaired) electrons. The van der Waals surface area contributed by atoms with Gasteiger partial charge in [0.15, 0.2) is 0 Å². The predicted octanol–water partition coefficient (Wildman–Crippen LogP) is 3.33. The van der Waals surface area contributed by atoms with E-state index in [-0.39, 0.29) is 31.6 Å². The largest absolute Gasteiger partial charge is 0.488 e. The summed E-state index contributed by atoms with van der Waals surface area (Å²) in [6.07, 6.45) is 4.35. The molecule has 0 saturated carbocycles. The van der Waals surface area contributed by atoms with Crippen LogP contribution in [-0.4, -0.2) is 55.8 Å². The van der Waals surface area contributed by atoms with Gasteiger partial charge in [0.1, 0.15) is 12.4 Å². The van der Waals surface area contributed by atoms with E-state index in [0.29, 0.717) is 24.8 Å². The number of methoxy groups -OCH3 is 1. The highest BCUT2D eigenvalue weighted by Crippen LogP contribution is 2.25.